The Hall–Kier alpha value is -2.79. The number of nitrogens with one attached hydrogen (secondary N) is 2. The number of fused-ring (bicyclic) bond motifs is 1. The van der Waals surface area contributed by atoms with Gasteiger partial charge < -0.3 is 19.7 Å². The number of H-pyrrole nitrogens is 1. The van der Waals surface area contributed by atoms with E-state index in [2.05, 4.69) is 30.5 Å². The van der Waals surface area contributed by atoms with Gasteiger partial charge in [-0.25, -0.2) is 9.37 Å². The van der Waals surface area contributed by atoms with Gasteiger partial charge in [0, 0.05) is 31.5 Å². The summed E-state index contributed by atoms with van der Waals surface area (Å²) in [6.45, 7) is 4.72. The summed E-state index contributed by atoms with van der Waals surface area (Å²) in [6, 6.07) is -0.366. The lowest BCUT2D eigenvalue weighted by Gasteiger charge is -2.33. The van der Waals surface area contributed by atoms with Crippen LogP contribution in [0.15, 0.2) is 18.7 Å². The van der Waals surface area contributed by atoms with E-state index in [0.717, 1.165) is 23.5 Å². The van der Waals surface area contributed by atoms with Gasteiger partial charge in [-0.1, -0.05) is 0 Å². The Morgan fingerprint density at radius 1 is 1.34 bits per heavy atom. The van der Waals surface area contributed by atoms with Crippen LogP contribution in [-0.2, 0) is 9.47 Å². The van der Waals surface area contributed by atoms with Crippen molar-refractivity contribution in [2.24, 2.45) is 0 Å². The number of hydrogen-bond donors (Lipinski definition) is 2. The molecular formula is C18H23FN8O2. The molecule has 0 saturated carbocycles. The average Bonchev–Trinajstić information content (AvgIpc) is 3.38. The molecule has 3 atom stereocenters. The Kier molecular flexibility index (Phi) is 4.76. The molecule has 0 bridgehead atoms. The predicted molar refractivity (Wildman–Crippen MR) is 104 cm³/mol. The third kappa shape index (κ3) is 3.51. The molecule has 0 aromatic carbocycles. The molecule has 0 amide bonds. The molecule has 0 spiro atoms. The van der Waals surface area contributed by atoms with Gasteiger partial charge in [-0.05, 0) is 13.3 Å². The Labute approximate surface area is 166 Å². The highest BCUT2D eigenvalue weighted by Gasteiger charge is 2.28. The highest BCUT2D eigenvalue weighted by Crippen LogP contribution is 2.33. The second-order valence-corrected chi connectivity index (χ2v) is 7.39. The number of aromatic nitrogens is 6. The van der Waals surface area contributed by atoms with E-state index in [1.165, 1.54) is 0 Å². The molecule has 5 heterocycles. The fourth-order valence-electron chi connectivity index (χ4n) is 3.84. The number of hydrogen-bond acceptors (Lipinski definition) is 8. The van der Waals surface area contributed by atoms with Crippen molar-refractivity contribution in [3.63, 3.8) is 0 Å². The third-order valence-corrected chi connectivity index (χ3v) is 5.29. The van der Waals surface area contributed by atoms with Crippen molar-refractivity contribution in [1.29, 1.82) is 0 Å². The van der Waals surface area contributed by atoms with Crippen LogP contribution in [0.1, 0.15) is 13.3 Å². The van der Waals surface area contributed by atoms with Gasteiger partial charge in [-0.2, -0.15) is 14.6 Å². The average molecular weight is 402 g/mol. The molecule has 2 saturated heterocycles. The van der Waals surface area contributed by atoms with Gasteiger partial charge in [0.1, 0.15) is 23.9 Å². The molecule has 2 fully saturated rings. The van der Waals surface area contributed by atoms with Crippen molar-refractivity contribution in [1.82, 2.24) is 29.8 Å². The highest BCUT2D eigenvalue weighted by atomic mass is 19.1. The maximum absolute atomic E-state index is 14.2. The fraction of sp³-hybridized carbons (Fsp3) is 0.556. The number of ether oxygens (including phenoxy) is 2. The minimum absolute atomic E-state index is 0.0914. The van der Waals surface area contributed by atoms with Gasteiger partial charge in [-0.3, -0.25) is 5.10 Å². The Morgan fingerprint density at radius 3 is 3.07 bits per heavy atom. The van der Waals surface area contributed by atoms with E-state index in [9.17, 15) is 4.39 Å². The topological polar surface area (TPSA) is 105 Å². The van der Waals surface area contributed by atoms with Crippen LogP contribution < -0.4 is 10.2 Å². The number of halogens is 1. The molecule has 10 nitrogen and oxygen atoms in total. The molecule has 11 heteroatoms. The van der Waals surface area contributed by atoms with E-state index in [1.807, 2.05) is 6.92 Å². The number of aromatic amines is 1. The first-order chi connectivity index (χ1) is 14.2. The minimum atomic E-state index is -1.09. The normalized spacial score (nSPS) is 25.4. The summed E-state index contributed by atoms with van der Waals surface area (Å²) in [4.78, 5) is 11.5. The molecule has 0 radical (unpaired) electrons. The van der Waals surface area contributed by atoms with E-state index < -0.39 is 6.17 Å². The summed E-state index contributed by atoms with van der Waals surface area (Å²) in [7, 11) is 0. The van der Waals surface area contributed by atoms with E-state index in [-0.39, 0.29) is 18.8 Å². The lowest BCUT2D eigenvalue weighted by molar-refractivity contribution is 0.0284. The van der Waals surface area contributed by atoms with Crippen molar-refractivity contribution in [3.8, 4) is 11.3 Å². The molecule has 3 aromatic heterocycles. The summed E-state index contributed by atoms with van der Waals surface area (Å²) >= 11 is 0. The maximum Gasteiger partial charge on any atom is 0.243 e. The first kappa shape index (κ1) is 18.3. The van der Waals surface area contributed by atoms with E-state index >= 15 is 0 Å². The van der Waals surface area contributed by atoms with Crippen LogP contribution in [0.4, 0.5) is 16.0 Å². The van der Waals surface area contributed by atoms with Gasteiger partial charge in [0.05, 0.1) is 31.6 Å². The number of nitrogens with zero attached hydrogens (tertiary/aromatic N) is 6. The van der Waals surface area contributed by atoms with E-state index in [4.69, 9.17) is 14.5 Å². The zero-order chi connectivity index (χ0) is 19.8. The molecule has 2 N–H and O–H groups in total. The number of rotatable bonds is 4. The van der Waals surface area contributed by atoms with Crippen molar-refractivity contribution in [3.05, 3.63) is 18.7 Å². The quantitative estimate of drug-likeness (QED) is 0.672. The third-order valence-electron chi connectivity index (χ3n) is 5.29. The first-order valence-electron chi connectivity index (χ1n) is 9.78. The molecular weight excluding hydrogens is 379 g/mol. The van der Waals surface area contributed by atoms with Gasteiger partial charge in [0.15, 0.2) is 5.65 Å². The first-order valence-corrected chi connectivity index (χ1v) is 9.78. The molecule has 0 unspecified atom stereocenters. The van der Waals surface area contributed by atoms with Crippen LogP contribution in [0.5, 0.6) is 0 Å². The molecule has 2 aliphatic rings. The van der Waals surface area contributed by atoms with Gasteiger partial charge in [-0.15, -0.1) is 5.10 Å². The summed E-state index contributed by atoms with van der Waals surface area (Å²) in [6.07, 6.45) is 4.74. The molecule has 29 heavy (non-hydrogen) atoms. The predicted octanol–water partition coefficient (Wildman–Crippen LogP) is 1.28. The Morgan fingerprint density at radius 2 is 2.28 bits per heavy atom. The van der Waals surface area contributed by atoms with Gasteiger partial charge >= 0.3 is 0 Å². The van der Waals surface area contributed by atoms with E-state index in [1.54, 1.807) is 23.2 Å². The second-order valence-electron chi connectivity index (χ2n) is 7.39. The second kappa shape index (κ2) is 7.56. The van der Waals surface area contributed by atoms with Gasteiger partial charge in [0.25, 0.3) is 0 Å². The monoisotopic (exact) mass is 402 g/mol. The summed E-state index contributed by atoms with van der Waals surface area (Å²) in [5, 5.41) is 14.5. The minimum Gasteiger partial charge on any atom is -0.378 e. The fourth-order valence-corrected chi connectivity index (χ4v) is 3.84. The lowest BCUT2D eigenvalue weighted by atomic mass is 10.1. The summed E-state index contributed by atoms with van der Waals surface area (Å²) < 4.78 is 26.7. The number of alkyl halides is 1. The largest absolute Gasteiger partial charge is 0.378 e. The molecule has 154 valence electrons. The Balaban J connectivity index is 1.56. The maximum atomic E-state index is 14.2. The van der Waals surface area contributed by atoms with E-state index in [0.29, 0.717) is 37.8 Å². The smallest absolute Gasteiger partial charge is 0.243 e. The van der Waals surface area contributed by atoms with Crippen molar-refractivity contribution < 1.29 is 13.9 Å². The molecule has 0 aliphatic carbocycles. The summed E-state index contributed by atoms with van der Waals surface area (Å²) in [5.41, 5.74) is 3.17. The van der Waals surface area contributed by atoms with Crippen LogP contribution in [0.2, 0.25) is 0 Å². The standard InChI is InChI=1S/C18H23FN8O2/c1-11-8-26(3-5-29-11)16-15(12-6-21-22-7-12)20-10-27-17(16)24-18(25-27)23-14-2-4-28-9-13(14)19/h6-7,10-11,13-14H,2-5,8-9H2,1H3,(H,21,22)(H,23,25)/t11-,13+,14-/m0/s1. The molecule has 2 aliphatic heterocycles. The summed E-state index contributed by atoms with van der Waals surface area (Å²) in [5.74, 6) is 0.383. The zero-order valence-corrected chi connectivity index (χ0v) is 16.1. The van der Waals surface area contributed by atoms with Crippen LogP contribution in [0.25, 0.3) is 16.9 Å². The van der Waals surface area contributed by atoms with Crippen LogP contribution in [0, 0.1) is 0 Å². The van der Waals surface area contributed by atoms with Crippen molar-refractivity contribution in [2.75, 3.05) is 43.1 Å². The van der Waals surface area contributed by atoms with Crippen molar-refractivity contribution >= 4 is 17.3 Å². The van der Waals surface area contributed by atoms with Crippen LogP contribution >= 0.6 is 0 Å². The number of anilines is 2. The number of morpholine rings is 1. The Bertz CT molecular complexity index is 978. The highest BCUT2D eigenvalue weighted by molar-refractivity contribution is 5.85. The molecule has 3 aromatic rings. The SMILES string of the molecule is C[C@H]1CN(c2c(-c3cn[nH]c3)ncn3nc(N[C@H]4CCOC[C@H]4F)nc23)CCO1. The lowest BCUT2D eigenvalue weighted by Crippen LogP contribution is -2.41. The zero-order valence-electron chi connectivity index (χ0n) is 16.1. The van der Waals surface area contributed by atoms with Crippen LogP contribution in [-0.4, -0.2) is 81.0 Å². The van der Waals surface area contributed by atoms with Crippen molar-refractivity contribution in [2.45, 2.75) is 31.7 Å². The van der Waals surface area contributed by atoms with Crippen LogP contribution in [0.3, 0.4) is 0 Å². The van der Waals surface area contributed by atoms with Gasteiger partial charge in [0.2, 0.25) is 5.95 Å². The molecule has 5 rings (SSSR count).